The predicted octanol–water partition coefficient (Wildman–Crippen LogP) is 6.40. The summed E-state index contributed by atoms with van der Waals surface area (Å²) in [6, 6.07) is 13.3. The molecule has 0 bridgehead atoms. The summed E-state index contributed by atoms with van der Waals surface area (Å²) in [6.07, 6.45) is 6.63. The van der Waals surface area contributed by atoms with E-state index in [1.165, 1.54) is 12.8 Å². The number of hydrogen-bond acceptors (Lipinski definition) is 1. The highest BCUT2D eigenvalue weighted by Crippen LogP contribution is 2.26. The number of ether oxygens (including phenoxy) is 1. The first kappa shape index (κ1) is 17.5. The van der Waals surface area contributed by atoms with E-state index in [0.29, 0.717) is 5.56 Å². The van der Waals surface area contributed by atoms with Gasteiger partial charge in [0.15, 0.2) is 0 Å². The van der Waals surface area contributed by atoms with Crippen LogP contribution in [-0.2, 0) is 6.42 Å². The lowest BCUT2D eigenvalue weighted by atomic mass is 10.0. The fourth-order valence-electron chi connectivity index (χ4n) is 2.59. The molecule has 0 heterocycles. The molecule has 0 saturated heterocycles. The van der Waals surface area contributed by atoms with Crippen LogP contribution < -0.4 is 4.74 Å². The van der Waals surface area contributed by atoms with E-state index in [4.69, 9.17) is 4.74 Å². The molecule has 2 heteroatoms. The average molecular weight is 314 g/mol. The molecular weight excluding hydrogens is 287 g/mol. The molecule has 124 valence electrons. The van der Waals surface area contributed by atoms with Gasteiger partial charge in [0.25, 0.3) is 0 Å². The number of hydrogen-bond donors (Lipinski definition) is 0. The average Bonchev–Trinajstić information content (AvgIpc) is 2.56. The van der Waals surface area contributed by atoms with Gasteiger partial charge in [-0.2, -0.15) is 0 Å². The SMILES string of the molecule is CCCCCc1ccc(-c2ccc(OCCCC)cc2)c(F)c1. The molecule has 0 atom stereocenters. The standard InChI is InChI=1S/C21H27FO/c1-3-5-7-8-17-9-14-20(21(22)16-17)18-10-12-19(13-11-18)23-15-6-4-2/h9-14,16H,3-8,15H2,1-2H3. The van der Waals surface area contributed by atoms with E-state index in [0.717, 1.165) is 49.2 Å². The molecule has 23 heavy (non-hydrogen) atoms. The van der Waals surface area contributed by atoms with E-state index < -0.39 is 0 Å². The van der Waals surface area contributed by atoms with Gasteiger partial charge in [0.2, 0.25) is 0 Å². The lowest BCUT2D eigenvalue weighted by Crippen LogP contribution is -1.96. The summed E-state index contributed by atoms with van der Waals surface area (Å²) in [5.41, 5.74) is 2.63. The van der Waals surface area contributed by atoms with Gasteiger partial charge in [-0.25, -0.2) is 4.39 Å². The van der Waals surface area contributed by atoms with E-state index in [-0.39, 0.29) is 5.82 Å². The second kappa shape index (κ2) is 9.34. The molecular formula is C21H27FO. The molecule has 0 saturated carbocycles. The molecule has 2 rings (SSSR count). The zero-order valence-corrected chi connectivity index (χ0v) is 14.3. The van der Waals surface area contributed by atoms with Crippen molar-refractivity contribution in [1.82, 2.24) is 0 Å². The van der Waals surface area contributed by atoms with Crippen LogP contribution in [0.15, 0.2) is 42.5 Å². The highest BCUT2D eigenvalue weighted by molar-refractivity contribution is 5.65. The minimum Gasteiger partial charge on any atom is -0.494 e. The van der Waals surface area contributed by atoms with Crippen LogP contribution in [0.4, 0.5) is 4.39 Å². The maximum atomic E-state index is 14.4. The minimum absolute atomic E-state index is 0.140. The largest absolute Gasteiger partial charge is 0.494 e. The zero-order chi connectivity index (χ0) is 16.5. The van der Waals surface area contributed by atoms with E-state index >= 15 is 0 Å². The number of rotatable bonds is 9. The summed E-state index contributed by atoms with van der Waals surface area (Å²) < 4.78 is 20.0. The Morgan fingerprint density at radius 3 is 2.26 bits per heavy atom. The summed E-state index contributed by atoms with van der Waals surface area (Å²) >= 11 is 0. The van der Waals surface area contributed by atoms with Gasteiger partial charge >= 0.3 is 0 Å². The van der Waals surface area contributed by atoms with Crippen LogP contribution in [0.5, 0.6) is 5.75 Å². The van der Waals surface area contributed by atoms with Crippen LogP contribution in [0.2, 0.25) is 0 Å². The first-order chi connectivity index (χ1) is 11.2. The first-order valence-corrected chi connectivity index (χ1v) is 8.76. The first-order valence-electron chi connectivity index (χ1n) is 8.76. The van der Waals surface area contributed by atoms with Gasteiger partial charge in [-0.15, -0.1) is 0 Å². The van der Waals surface area contributed by atoms with Gasteiger partial charge in [0.05, 0.1) is 6.61 Å². The van der Waals surface area contributed by atoms with Crippen LogP contribution in [-0.4, -0.2) is 6.61 Å². The fourth-order valence-corrected chi connectivity index (χ4v) is 2.59. The van der Waals surface area contributed by atoms with E-state index in [1.807, 2.05) is 36.4 Å². The van der Waals surface area contributed by atoms with Crippen LogP contribution in [0, 0.1) is 5.82 Å². The third kappa shape index (κ3) is 5.38. The molecule has 2 aromatic rings. The second-order valence-electron chi connectivity index (χ2n) is 6.00. The van der Waals surface area contributed by atoms with Crippen molar-refractivity contribution in [2.24, 2.45) is 0 Å². The van der Waals surface area contributed by atoms with E-state index in [9.17, 15) is 4.39 Å². The molecule has 1 nitrogen and oxygen atoms in total. The Hall–Kier alpha value is -1.83. The Morgan fingerprint density at radius 1 is 0.870 bits per heavy atom. The Kier molecular flexibility index (Phi) is 7.12. The van der Waals surface area contributed by atoms with Crippen LogP contribution in [0.25, 0.3) is 11.1 Å². The maximum absolute atomic E-state index is 14.4. The molecule has 0 N–H and O–H groups in total. The monoisotopic (exact) mass is 314 g/mol. The lowest BCUT2D eigenvalue weighted by Gasteiger charge is -2.09. The molecule has 2 aromatic carbocycles. The molecule has 0 radical (unpaired) electrons. The number of unbranched alkanes of at least 4 members (excludes halogenated alkanes) is 3. The van der Waals surface area contributed by atoms with Crippen molar-refractivity contribution < 1.29 is 9.13 Å². The Balaban J connectivity index is 2.03. The van der Waals surface area contributed by atoms with Gasteiger partial charge in [-0.05, 0) is 48.6 Å². The Labute approximate surface area is 139 Å². The fraction of sp³-hybridized carbons (Fsp3) is 0.429. The maximum Gasteiger partial charge on any atom is 0.131 e. The van der Waals surface area contributed by atoms with E-state index in [2.05, 4.69) is 13.8 Å². The quantitative estimate of drug-likeness (QED) is 0.486. The zero-order valence-electron chi connectivity index (χ0n) is 14.3. The molecule has 0 spiro atoms. The van der Waals surface area contributed by atoms with Gasteiger partial charge in [0, 0.05) is 5.56 Å². The van der Waals surface area contributed by atoms with Crippen molar-refractivity contribution in [2.45, 2.75) is 52.4 Å². The van der Waals surface area contributed by atoms with Crippen molar-refractivity contribution in [1.29, 1.82) is 0 Å². The predicted molar refractivity (Wildman–Crippen MR) is 95.5 cm³/mol. The van der Waals surface area contributed by atoms with Crippen molar-refractivity contribution >= 4 is 0 Å². The summed E-state index contributed by atoms with van der Waals surface area (Å²) in [4.78, 5) is 0. The van der Waals surface area contributed by atoms with Gasteiger partial charge in [-0.3, -0.25) is 0 Å². The summed E-state index contributed by atoms with van der Waals surface area (Å²) in [5, 5.41) is 0. The van der Waals surface area contributed by atoms with Gasteiger partial charge in [-0.1, -0.05) is 57.4 Å². The topological polar surface area (TPSA) is 9.23 Å². The van der Waals surface area contributed by atoms with Crippen LogP contribution in [0.3, 0.4) is 0 Å². The molecule has 0 aliphatic rings. The molecule has 0 aromatic heterocycles. The van der Waals surface area contributed by atoms with Crippen LogP contribution >= 0.6 is 0 Å². The van der Waals surface area contributed by atoms with Crippen molar-refractivity contribution in [3.63, 3.8) is 0 Å². The normalized spacial score (nSPS) is 10.7. The smallest absolute Gasteiger partial charge is 0.131 e. The highest BCUT2D eigenvalue weighted by Gasteiger charge is 2.07. The Morgan fingerprint density at radius 2 is 1.61 bits per heavy atom. The minimum atomic E-state index is -0.140. The molecule has 0 amide bonds. The molecule has 0 unspecified atom stereocenters. The highest BCUT2D eigenvalue weighted by atomic mass is 19.1. The van der Waals surface area contributed by atoms with Crippen molar-refractivity contribution in [3.8, 4) is 16.9 Å². The number of aryl methyl sites for hydroxylation is 1. The Bertz CT molecular complexity index is 589. The second-order valence-corrected chi connectivity index (χ2v) is 6.00. The van der Waals surface area contributed by atoms with Gasteiger partial charge in [0.1, 0.15) is 11.6 Å². The summed E-state index contributed by atoms with van der Waals surface area (Å²) in [7, 11) is 0. The lowest BCUT2D eigenvalue weighted by molar-refractivity contribution is 0.309. The van der Waals surface area contributed by atoms with Crippen molar-refractivity contribution in [2.75, 3.05) is 6.61 Å². The summed E-state index contributed by atoms with van der Waals surface area (Å²) in [6.45, 7) is 5.05. The number of halogens is 1. The third-order valence-electron chi connectivity index (χ3n) is 4.03. The van der Waals surface area contributed by atoms with Crippen molar-refractivity contribution in [3.05, 3.63) is 53.8 Å². The van der Waals surface area contributed by atoms with Crippen LogP contribution in [0.1, 0.15) is 51.5 Å². The molecule has 0 aliphatic carbocycles. The third-order valence-corrected chi connectivity index (χ3v) is 4.03. The summed E-state index contributed by atoms with van der Waals surface area (Å²) in [5.74, 6) is 0.706. The van der Waals surface area contributed by atoms with E-state index in [1.54, 1.807) is 6.07 Å². The molecule has 0 aliphatic heterocycles. The molecule has 0 fully saturated rings. The number of benzene rings is 2. The van der Waals surface area contributed by atoms with Gasteiger partial charge < -0.3 is 4.74 Å².